The first-order chi connectivity index (χ1) is 19.4. The minimum absolute atomic E-state index is 0.00784. The molecule has 0 radical (unpaired) electrons. The van der Waals surface area contributed by atoms with Crippen molar-refractivity contribution in [1.29, 1.82) is 0 Å². The van der Waals surface area contributed by atoms with E-state index in [1.54, 1.807) is 29.0 Å². The van der Waals surface area contributed by atoms with Crippen LogP contribution in [0, 0.1) is 11.0 Å². The van der Waals surface area contributed by atoms with Gasteiger partial charge in [0, 0.05) is 32.7 Å². The molecule has 13 nitrogen and oxygen atoms in total. The molecule has 1 unspecified atom stereocenters. The summed E-state index contributed by atoms with van der Waals surface area (Å²) in [5, 5.41) is 38.1. The number of nitrogens with zero attached hydrogens (tertiary/aromatic N) is 6. The van der Waals surface area contributed by atoms with Crippen LogP contribution in [0.3, 0.4) is 0 Å². The van der Waals surface area contributed by atoms with Gasteiger partial charge in [-0.2, -0.15) is 9.41 Å². The average molecular weight is 617 g/mol. The lowest BCUT2D eigenvalue weighted by Crippen LogP contribution is -2.42. The van der Waals surface area contributed by atoms with Crippen LogP contribution >= 0.6 is 22.9 Å². The van der Waals surface area contributed by atoms with Crippen LogP contribution in [0.15, 0.2) is 48.4 Å². The van der Waals surface area contributed by atoms with Gasteiger partial charge in [0.05, 0.1) is 23.8 Å². The third-order valence-corrected chi connectivity index (χ3v) is 8.34. The molecule has 0 saturated heterocycles. The second kappa shape index (κ2) is 9.69. The quantitative estimate of drug-likeness (QED) is 0.190. The molecule has 4 heterocycles. The predicted molar refractivity (Wildman–Crippen MR) is 144 cm³/mol. The van der Waals surface area contributed by atoms with E-state index in [-0.39, 0.29) is 29.2 Å². The Kier molecular flexibility index (Phi) is 6.37. The maximum absolute atomic E-state index is 15.1. The molecule has 0 bridgehead atoms. The first kappa shape index (κ1) is 26.9. The lowest BCUT2D eigenvalue weighted by Gasteiger charge is -2.20. The van der Waals surface area contributed by atoms with Crippen LogP contribution in [0.2, 0.25) is 5.02 Å². The fourth-order valence-electron chi connectivity index (χ4n) is 4.85. The van der Waals surface area contributed by atoms with E-state index in [4.69, 9.17) is 11.6 Å². The highest BCUT2D eigenvalue weighted by Crippen LogP contribution is 2.41. The van der Waals surface area contributed by atoms with Crippen LogP contribution in [-0.2, 0) is 22.0 Å². The molecule has 5 aromatic rings. The molecular formula is C24H18ClFN8O5S2. The monoisotopic (exact) mass is 616 g/mol. The van der Waals surface area contributed by atoms with Gasteiger partial charge in [-0.25, -0.2) is 22.5 Å². The number of sulfonamides is 1. The summed E-state index contributed by atoms with van der Waals surface area (Å²) < 4.78 is 41.5. The molecule has 4 aromatic heterocycles. The Hall–Kier alpha value is -4.25. The van der Waals surface area contributed by atoms with Crippen LogP contribution < -0.4 is 9.45 Å². The summed E-state index contributed by atoms with van der Waals surface area (Å²) in [4.78, 5) is 18.8. The van der Waals surface area contributed by atoms with Crippen molar-refractivity contribution in [2.24, 2.45) is 0 Å². The Morgan fingerprint density at radius 2 is 2.15 bits per heavy atom. The summed E-state index contributed by atoms with van der Waals surface area (Å²) in [6, 6.07) is 6.85. The van der Waals surface area contributed by atoms with Crippen LogP contribution in [-0.4, -0.2) is 55.9 Å². The number of carbonyl (C=O) groups excluding carboxylic acids is 1. The van der Waals surface area contributed by atoms with Gasteiger partial charge in [0.15, 0.2) is 12.0 Å². The Bertz CT molecular complexity index is 1940. The zero-order valence-electron chi connectivity index (χ0n) is 20.9. The fourth-order valence-corrected chi connectivity index (χ4v) is 6.36. The average Bonchev–Trinajstić information content (AvgIpc) is 3.70. The number of hydrogen-bond donors (Lipinski definition) is 3. The van der Waals surface area contributed by atoms with Gasteiger partial charge in [0.2, 0.25) is 21.3 Å². The third-order valence-electron chi connectivity index (χ3n) is 6.60. The zero-order valence-corrected chi connectivity index (χ0v) is 23.3. The zero-order chi connectivity index (χ0) is 29.1. The fraction of sp³-hybridized carbons (Fsp3) is 0.167. The molecule has 1 aliphatic rings. The van der Waals surface area contributed by atoms with Crippen molar-refractivity contribution in [3.63, 3.8) is 0 Å². The SMILES string of the molecule is CS(=O)(=O)NC(=O)c1scc(-c2cnc(C3(O)CCc4cc(-c5cc(Cl)ccc5-n5cnnn5)c[n+]([O-])c43)[nH]2)c1F. The summed E-state index contributed by atoms with van der Waals surface area (Å²) >= 11 is 6.96. The molecule has 1 aliphatic carbocycles. The number of aliphatic hydroxyl groups is 1. The van der Waals surface area contributed by atoms with E-state index in [2.05, 4.69) is 25.5 Å². The highest BCUT2D eigenvalue weighted by Gasteiger charge is 2.48. The van der Waals surface area contributed by atoms with Gasteiger partial charge in [0.25, 0.3) is 5.91 Å². The normalized spacial score (nSPS) is 16.6. The lowest BCUT2D eigenvalue weighted by molar-refractivity contribution is -0.620. The van der Waals surface area contributed by atoms with Crippen LogP contribution in [0.5, 0.6) is 0 Å². The molecule has 1 amide bonds. The van der Waals surface area contributed by atoms with Gasteiger partial charge >= 0.3 is 0 Å². The van der Waals surface area contributed by atoms with E-state index in [9.17, 15) is 23.5 Å². The number of carbonyl (C=O) groups is 1. The molecule has 0 aliphatic heterocycles. The molecule has 3 N–H and O–H groups in total. The highest BCUT2D eigenvalue weighted by molar-refractivity contribution is 7.89. The number of amides is 1. The minimum atomic E-state index is -3.89. The van der Waals surface area contributed by atoms with Gasteiger partial charge < -0.3 is 15.3 Å². The third kappa shape index (κ3) is 4.73. The number of aromatic nitrogens is 7. The number of benzene rings is 1. The lowest BCUT2D eigenvalue weighted by atomic mass is 9.98. The molecule has 1 atom stereocenters. The molecule has 210 valence electrons. The Morgan fingerprint density at radius 3 is 2.88 bits per heavy atom. The van der Waals surface area contributed by atoms with Crippen molar-refractivity contribution in [3.8, 4) is 28.1 Å². The van der Waals surface area contributed by atoms with Gasteiger partial charge in [-0.05, 0) is 47.5 Å². The van der Waals surface area contributed by atoms with Crippen molar-refractivity contribution >= 4 is 38.9 Å². The first-order valence-electron chi connectivity index (χ1n) is 11.8. The summed E-state index contributed by atoms with van der Waals surface area (Å²) in [5.41, 5.74) is 0.612. The number of H-pyrrole nitrogens is 1. The first-order valence-corrected chi connectivity index (χ1v) is 15.0. The van der Waals surface area contributed by atoms with Crippen molar-refractivity contribution in [3.05, 3.63) is 86.4 Å². The van der Waals surface area contributed by atoms with Crippen LogP contribution in [0.4, 0.5) is 4.39 Å². The second-order valence-corrected chi connectivity index (χ2v) is 12.4. The molecule has 6 rings (SSSR count). The number of nitrogens with one attached hydrogen (secondary N) is 2. The van der Waals surface area contributed by atoms with Gasteiger partial charge in [-0.1, -0.05) is 11.6 Å². The summed E-state index contributed by atoms with van der Waals surface area (Å²) in [6.45, 7) is 0. The van der Waals surface area contributed by atoms with Crippen molar-refractivity contribution in [2.75, 3.05) is 6.26 Å². The van der Waals surface area contributed by atoms with Crippen LogP contribution in [0.25, 0.3) is 28.1 Å². The smallest absolute Gasteiger partial charge is 0.277 e. The summed E-state index contributed by atoms with van der Waals surface area (Å²) in [5.74, 6) is -2.04. The standard InChI is InChI=1S/C24H18ClFN8O5S2/c1-41(38,39)30-22(35)20-19(26)16(10-40-20)17-8-27-23(29-17)24(36)5-4-12-6-13(9-34(37)21(12)24)15-7-14(25)2-3-18(15)33-11-28-31-32-33/h2-3,6-11,36H,4-5H2,1H3,(H,27,29)(H,30,35). The molecule has 17 heteroatoms. The number of hydrogen-bond acceptors (Lipinski definition) is 10. The number of rotatable bonds is 6. The topological polar surface area (TPSA) is 183 Å². The van der Waals surface area contributed by atoms with E-state index in [0.29, 0.717) is 49.9 Å². The van der Waals surface area contributed by atoms with E-state index in [1.807, 2.05) is 0 Å². The Morgan fingerprint density at radius 1 is 1.34 bits per heavy atom. The van der Waals surface area contributed by atoms with Crippen LogP contribution in [0.1, 0.15) is 33.2 Å². The molecule has 41 heavy (non-hydrogen) atoms. The minimum Gasteiger partial charge on any atom is -0.618 e. The number of tetrazole rings is 1. The van der Waals surface area contributed by atoms with E-state index in [0.717, 1.165) is 6.26 Å². The Balaban J connectivity index is 1.36. The van der Waals surface area contributed by atoms with E-state index in [1.165, 1.54) is 28.8 Å². The molecule has 1 aromatic carbocycles. The number of pyridine rings is 1. The molecule has 0 saturated carbocycles. The number of halogens is 2. The predicted octanol–water partition coefficient (Wildman–Crippen LogP) is 2.08. The number of fused-ring (bicyclic) bond motifs is 1. The van der Waals surface area contributed by atoms with Gasteiger partial charge in [-0.15, -0.1) is 16.4 Å². The van der Waals surface area contributed by atoms with E-state index < -0.39 is 32.2 Å². The molecular weight excluding hydrogens is 599 g/mol. The number of aromatic amines is 1. The molecule has 0 fully saturated rings. The second-order valence-electron chi connectivity index (χ2n) is 9.35. The highest BCUT2D eigenvalue weighted by atomic mass is 35.5. The van der Waals surface area contributed by atoms with Gasteiger partial charge in [-0.3, -0.25) is 4.79 Å². The van der Waals surface area contributed by atoms with Crippen molar-refractivity contribution in [2.45, 2.75) is 18.4 Å². The largest absolute Gasteiger partial charge is 0.618 e. The van der Waals surface area contributed by atoms with Gasteiger partial charge in [0.1, 0.15) is 17.0 Å². The van der Waals surface area contributed by atoms with Crippen molar-refractivity contribution < 1.29 is 27.4 Å². The Labute approximate surface area is 239 Å². The summed E-state index contributed by atoms with van der Waals surface area (Å²) in [7, 11) is -3.89. The van der Waals surface area contributed by atoms with E-state index >= 15 is 4.39 Å². The number of aryl methyl sites for hydroxylation is 1. The maximum Gasteiger partial charge on any atom is 0.277 e. The van der Waals surface area contributed by atoms with Crippen molar-refractivity contribution in [1.82, 2.24) is 34.9 Å². The number of imidazole rings is 1. The summed E-state index contributed by atoms with van der Waals surface area (Å²) in [6.07, 6.45) is 5.22. The number of thiophene rings is 1. The maximum atomic E-state index is 15.1. The molecule has 0 spiro atoms.